The van der Waals surface area contributed by atoms with Crippen LogP contribution < -0.4 is 5.32 Å². The molecule has 0 spiro atoms. The Morgan fingerprint density at radius 3 is 2.85 bits per heavy atom. The highest BCUT2D eigenvalue weighted by Gasteiger charge is 2.21. The molecule has 6 heteroatoms. The van der Waals surface area contributed by atoms with E-state index in [2.05, 4.69) is 29.3 Å². The summed E-state index contributed by atoms with van der Waals surface area (Å²) in [6.07, 6.45) is -0.154. The Labute approximate surface area is 123 Å². The van der Waals surface area contributed by atoms with Crippen molar-refractivity contribution in [1.29, 1.82) is 0 Å². The van der Waals surface area contributed by atoms with Gasteiger partial charge in [-0.05, 0) is 24.1 Å². The number of nitrogens with one attached hydrogen (secondary N) is 1. The fourth-order valence-corrected chi connectivity index (χ4v) is 2.10. The molecule has 1 unspecified atom stereocenters. The molecule has 2 aromatic rings. The summed E-state index contributed by atoms with van der Waals surface area (Å²) >= 11 is 5.92. The van der Waals surface area contributed by atoms with Gasteiger partial charge in [-0.2, -0.15) is 4.98 Å². The molecule has 0 radical (unpaired) electrons. The Morgan fingerprint density at radius 1 is 1.40 bits per heavy atom. The molecule has 20 heavy (non-hydrogen) atoms. The fourth-order valence-electron chi connectivity index (χ4n) is 1.91. The minimum atomic E-state index is -0.154. The molecule has 108 valence electrons. The number of nitrogens with zero attached hydrogens (tertiary/aromatic N) is 2. The number of rotatable bonds is 6. The van der Waals surface area contributed by atoms with Crippen LogP contribution in [0.25, 0.3) is 0 Å². The van der Waals surface area contributed by atoms with Crippen molar-refractivity contribution in [2.24, 2.45) is 5.92 Å². The van der Waals surface area contributed by atoms with Crippen molar-refractivity contribution in [1.82, 2.24) is 10.1 Å². The van der Waals surface area contributed by atoms with E-state index in [0.29, 0.717) is 23.3 Å². The maximum atomic E-state index is 5.92. The van der Waals surface area contributed by atoms with E-state index < -0.39 is 0 Å². The van der Waals surface area contributed by atoms with Crippen molar-refractivity contribution in [2.75, 3.05) is 12.4 Å². The number of ether oxygens (including phenoxy) is 1. The molecule has 1 aromatic carbocycles. The summed E-state index contributed by atoms with van der Waals surface area (Å²) in [5.41, 5.74) is 0.907. The zero-order chi connectivity index (χ0) is 14.5. The van der Waals surface area contributed by atoms with Gasteiger partial charge >= 0.3 is 0 Å². The van der Waals surface area contributed by atoms with Gasteiger partial charge in [0.25, 0.3) is 0 Å². The molecule has 0 fully saturated rings. The van der Waals surface area contributed by atoms with Gasteiger partial charge in [0.2, 0.25) is 11.7 Å². The first-order valence-electron chi connectivity index (χ1n) is 6.45. The van der Waals surface area contributed by atoms with Crippen molar-refractivity contribution in [3.05, 3.63) is 41.0 Å². The summed E-state index contributed by atoms with van der Waals surface area (Å²) in [6.45, 7) is 4.55. The second-order valence-electron chi connectivity index (χ2n) is 4.81. The first kappa shape index (κ1) is 14.8. The lowest BCUT2D eigenvalue weighted by Crippen LogP contribution is -2.11. The van der Waals surface area contributed by atoms with Gasteiger partial charge in [0.1, 0.15) is 6.10 Å². The Bertz CT molecular complexity index is 557. The molecule has 5 nitrogen and oxygen atoms in total. The average molecular weight is 296 g/mol. The van der Waals surface area contributed by atoms with E-state index in [9.17, 15) is 0 Å². The standard InChI is InChI=1S/C14H18ClN3O2/c1-9(2)13(19-3)14-17-12(20-18-14)8-16-11-6-4-5-10(15)7-11/h4-7,9,13,16H,8H2,1-3H3. The Morgan fingerprint density at radius 2 is 2.20 bits per heavy atom. The second kappa shape index (κ2) is 6.72. The second-order valence-corrected chi connectivity index (χ2v) is 5.25. The lowest BCUT2D eigenvalue weighted by Gasteiger charge is -2.14. The number of aromatic nitrogens is 2. The number of anilines is 1. The molecule has 0 aliphatic carbocycles. The van der Waals surface area contributed by atoms with Crippen molar-refractivity contribution in [2.45, 2.75) is 26.5 Å². The van der Waals surface area contributed by atoms with E-state index in [4.69, 9.17) is 20.9 Å². The average Bonchev–Trinajstić information content (AvgIpc) is 2.85. The van der Waals surface area contributed by atoms with Gasteiger partial charge in [-0.1, -0.05) is 36.7 Å². The minimum Gasteiger partial charge on any atom is -0.376 e. The molecular weight excluding hydrogens is 278 g/mol. The van der Waals surface area contributed by atoms with Crippen LogP contribution in [0.2, 0.25) is 5.02 Å². The Kier molecular flexibility index (Phi) is 4.98. The molecule has 1 aromatic heterocycles. The molecule has 0 amide bonds. The Hall–Kier alpha value is -1.59. The molecule has 0 saturated heterocycles. The van der Waals surface area contributed by atoms with Crippen molar-refractivity contribution in [3.63, 3.8) is 0 Å². The van der Waals surface area contributed by atoms with Gasteiger partial charge in [0.15, 0.2) is 0 Å². The molecule has 0 bridgehead atoms. The molecule has 0 saturated carbocycles. The minimum absolute atomic E-state index is 0.154. The highest BCUT2D eigenvalue weighted by Crippen LogP contribution is 2.22. The molecule has 1 atom stereocenters. The number of hydrogen-bond acceptors (Lipinski definition) is 5. The Balaban J connectivity index is 1.99. The van der Waals surface area contributed by atoms with E-state index in [1.165, 1.54) is 0 Å². The van der Waals surface area contributed by atoms with Crippen molar-refractivity contribution in [3.8, 4) is 0 Å². The predicted octanol–water partition coefficient (Wildman–Crippen LogP) is 3.68. The van der Waals surface area contributed by atoms with Crippen molar-refractivity contribution < 1.29 is 9.26 Å². The number of hydrogen-bond donors (Lipinski definition) is 1. The van der Waals surface area contributed by atoms with Crippen LogP contribution in [0.3, 0.4) is 0 Å². The summed E-state index contributed by atoms with van der Waals surface area (Å²) in [7, 11) is 1.64. The third-order valence-electron chi connectivity index (χ3n) is 2.87. The lowest BCUT2D eigenvalue weighted by molar-refractivity contribution is 0.0555. The smallest absolute Gasteiger partial charge is 0.246 e. The first-order valence-corrected chi connectivity index (χ1v) is 6.82. The summed E-state index contributed by atoms with van der Waals surface area (Å²) in [4.78, 5) is 4.34. The first-order chi connectivity index (χ1) is 9.60. The summed E-state index contributed by atoms with van der Waals surface area (Å²) in [5.74, 6) is 1.37. The molecule has 0 aliphatic heterocycles. The summed E-state index contributed by atoms with van der Waals surface area (Å²) in [6, 6.07) is 7.47. The fraction of sp³-hybridized carbons (Fsp3) is 0.429. The van der Waals surface area contributed by atoms with Crippen LogP contribution in [0, 0.1) is 5.92 Å². The normalized spacial score (nSPS) is 12.7. The summed E-state index contributed by atoms with van der Waals surface area (Å²) in [5, 5.41) is 7.82. The van der Waals surface area contributed by atoms with Gasteiger partial charge in [0.05, 0.1) is 6.54 Å². The van der Waals surface area contributed by atoms with Crippen LogP contribution in [-0.2, 0) is 11.3 Å². The quantitative estimate of drug-likeness (QED) is 0.881. The van der Waals surface area contributed by atoms with E-state index in [0.717, 1.165) is 5.69 Å². The highest BCUT2D eigenvalue weighted by molar-refractivity contribution is 6.30. The maximum absolute atomic E-state index is 5.92. The van der Waals surface area contributed by atoms with Gasteiger partial charge < -0.3 is 14.6 Å². The largest absolute Gasteiger partial charge is 0.376 e. The van der Waals surface area contributed by atoms with Gasteiger partial charge in [0, 0.05) is 17.8 Å². The van der Waals surface area contributed by atoms with Crippen LogP contribution in [-0.4, -0.2) is 17.3 Å². The number of halogens is 1. The molecule has 0 aliphatic rings. The zero-order valence-corrected chi connectivity index (χ0v) is 12.5. The topological polar surface area (TPSA) is 60.2 Å². The predicted molar refractivity (Wildman–Crippen MR) is 77.7 cm³/mol. The third-order valence-corrected chi connectivity index (χ3v) is 3.10. The number of benzene rings is 1. The molecule has 2 rings (SSSR count). The van der Waals surface area contributed by atoms with Crippen molar-refractivity contribution >= 4 is 17.3 Å². The van der Waals surface area contributed by atoms with E-state index in [1.54, 1.807) is 7.11 Å². The van der Waals surface area contributed by atoms with Crippen LogP contribution in [0.5, 0.6) is 0 Å². The monoisotopic (exact) mass is 295 g/mol. The SMILES string of the molecule is COC(c1noc(CNc2cccc(Cl)c2)n1)C(C)C. The maximum Gasteiger partial charge on any atom is 0.246 e. The molecular formula is C14H18ClN3O2. The van der Waals surface area contributed by atoms with Gasteiger partial charge in [-0.15, -0.1) is 0 Å². The molecule has 1 N–H and O–H groups in total. The van der Waals surface area contributed by atoms with Gasteiger partial charge in [-0.25, -0.2) is 0 Å². The lowest BCUT2D eigenvalue weighted by atomic mass is 10.1. The number of methoxy groups -OCH3 is 1. The van der Waals surface area contributed by atoms with Crippen LogP contribution in [0.1, 0.15) is 31.7 Å². The van der Waals surface area contributed by atoms with Gasteiger partial charge in [-0.3, -0.25) is 0 Å². The summed E-state index contributed by atoms with van der Waals surface area (Å²) < 4.78 is 10.6. The van der Waals surface area contributed by atoms with Crippen LogP contribution in [0.4, 0.5) is 5.69 Å². The van der Waals surface area contributed by atoms with E-state index in [-0.39, 0.29) is 12.0 Å². The van der Waals surface area contributed by atoms with E-state index >= 15 is 0 Å². The molecule has 1 heterocycles. The highest BCUT2D eigenvalue weighted by atomic mass is 35.5. The van der Waals surface area contributed by atoms with E-state index in [1.807, 2.05) is 24.3 Å². The third kappa shape index (κ3) is 3.71. The van der Waals surface area contributed by atoms with Crippen LogP contribution >= 0.6 is 11.6 Å². The van der Waals surface area contributed by atoms with Crippen LogP contribution in [0.15, 0.2) is 28.8 Å². The zero-order valence-electron chi connectivity index (χ0n) is 11.8.